The monoisotopic (exact) mass is 438 g/mol. The summed E-state index contributed by atoms with van der Waals surface area (Å²) in [6, 6.07) is 15.3. The number of carbonyl (C=O) groups excluding carboxylic acids is 1. The van der Waals surface area contributed by atoms with Crippen LogP contribution in [0.15, 0.2) is 48.5 Å². The summed E-state index contributed by atoms with van der Waals surface area (Å²) in [6.45, 7) is 6.80. The Balaban J connectivity index is 0.00000300. The van der Waals surface area contributed by atoms with Gasteiger partial charge in [-0.1, -0.05) is 35.9 Å². The highest BCUT2D eigenvalue weighted by Crippen LogP contribution is 2.19. The molecule has 5 nitrogen and oxygen atoms in total. The Kier molecular flexibility index (Phi) is 9.74. The Hall–Kier alpha value is -1.79. The van der Waals surface area contributed by atoms with Crippen LogP contribution in [-0.4, -0.2) is 62.2 Å². The number of benzene rings is 2. The SMILES string of the molecule is COC(=O)c1ccccc1OCCCN1CCN(Cc2ccc(Cl)cc2)CC1.Cl. The van der Waals surface area contributed by atoms with Crippen LogP contribution in [0.2, 0.25) is 5.02 Å². The van der Waals surface area contributed by atoms with Crippen molar-refractivity contribution in [3.8, 4) is 5.75 Å². The van der Waals surface area contributed by atoms with Crippen molar-refractivity contribution in [2.45, 2.75) is 13.0 Å². The van der Waals surface area contributed by atoms with Crippen molar-refractivity contribution in [1.29, 1.82) is 0 Å². The second-order valence-corrected chi connectivity index (χ2v) is 7.37. The standard InChI is InChI=1S/C22H27ClN2O3.ClH/c1-27-22(26)20-5-2-3-6-21(20)28-16-4-11-24-12-14-25(15-13-24)17-18-7-9-19(23)10-8-18;/h2-3,5-10H,4,11-17H2,1H3;1H. The highest BCUT2D eigenvalue weighted by molar-refractivity contribution is 6.30. The van der Waals surface area contributed by atoms with Gasteiger partial charge in [0.05, 0.1) is 13.7 Å². The zero-order valence-electron chi connectivity index (χ0n) is 16.7. The molecule has 0 aromatic heterocycles. The van der Waals surface area contributed by atoms with Crippen molar-refractivity contribution in [2.75, 3.05) is 46.4 Å². The summed E-state index contributed by atoms with van der Waals surface area (Å²) in [5.74, 6) is 0.217. The molecule has 7 heteroatoms. The van der Waals surface area contributed by atoms with Crippen molar-refractivity contribution in [3.63, 3.8) is 0 Å². The van der Waals surface area contributed by atoms with Crippen LogP contribution in [0.3, 0.4) is 0 Å². The molecule has 1 fully saturated rings. The molecule has 2 aromatic rings. The number of hydrogen-bond donors (Lipinski definition) is 0. The quantitative estimate of drug-likeness (QED) is 0.457. The molecule has 0 radical (unpaired) electrons. The van der Waals surface area contributed by atoms with Gasteiger partial charge in [0.2, 0.25) is 0 Å². The predicted octanol–water partition coefficient (Wildman–Crippen LogP) is 4.14. The molecule has 0 unspecified atom stereocenters. The second kappa shape index (κ2) is 12.0. The molecule has 0 aliphatic carbocycles. The van der Waals surface area contributed by atoms with E-state index >= 15 is 0 Å². The van der Waals surface area contributed by atoms with Gasteiger partial charge in [-0.2, -0.15) is 0 Å². The van der Waals surface area contributed by atoms with Gasteiger partial charge in [-0.3, -0.25) is 4.90 Å². The summed E-state index contributed by atoms with van der Waals surface area (Å²) >= 11 is 5.95. The Morgan fingerprint density at radius 2 is 1.66 bits per heavy atom. The van der Waals surface area contributed by atoms with E-state index in [9.17, 15) is 4.79 Å². The number of piperazine rings is 1. The van der Waals surface area contributed by atoms with Crippen molar-refractivity contribution in [3.05, 3.63) is 64.7 Å². The van der Waals surface area contributed by atoms with Crippen molar-refractivity contribution in [2.24, 2.45) is 0 Å². The molecule has 0 atom stereocenters. The minimum Gasteiger partial charge on any atom is -0.493 e. The van der Waals surface area contributed by atoms with Crippen molar-refractivity contribution < 1.29 is 14.3 Å². The number of methoxy groups -OCH3 is 1. The van der Waals surface area contributed by atoms with E-state index in [1.807, 2.05) is 30.3 Å². The Bertz CT molecular complexity index is 763. The minimum atomic E-state index is -0.368. The number of rotatable bonds is 8. The van der Waals surface area contributed by atoms with E-state index in [0.29, 0.717) is 17.9 Å². The number of ether oxygens (including phenoxy) is 2. The lowest BCUT2D eigenvalue weighted by Gasteiger charge is -2.34. The van der Waals surface area contributed by atoms with Crippen LogP contribution in [0.5, 0.6) is 5.75 Å². The van der Waals surface area contributed by atoms with Crippen LogP contribution in [0.25, 0.3) is 0 Å². The molecule has 158 valence electrons. The number of nitrogens with zero attached hydrogens (tertiary/aromatic N) is 2. The molecule has 3 rings (SSSR count). The van der Waals surface area contributed by atoms with E-state index in [1.165, 1.54) is 12.7 Å². The molecule has 0 amide bonds. The molecule has 0 saturated carbocycles. The lowest BCUT2D eigenvalue weighted by molar-refractivity contribution is 0.0595. The van der Waals surface area contributed by atoms with Crippen molar-refractivity contribution >= 4 is 30.0 Å². The molecule has 2 aromatic carbocycles. The first-order valence-electron chi connectivity index (χ1n) is 9.65. The second-order valence-electron chi connectivity index (χ2n) is 6.93. The molecule has 1 aliphatic rings. The Morgan fingerprint density at radius 1 is 1.00 bits per heavy atom. The maximum absolute atomic E-state index is 11.8. The Labute approximate surface area is 183 Å². The first kappa shape index (κ1) is 23.5. The molecule has 0 N–H and O–H groups in total. The molecule has 29 heavy (non-hydrogen) atoms. The summed E-state index contributed by atoms with van der Waals surface area (Å²) in [5.41, 5.74) is 1.77. The average Bonchev–Trinajstić information content (AvgIpc) is 2.74. The molecule has 1 saturated heterocycles. The van der Waals surface area contributed by atoms with E-state index in [4.69, 9.17) is 21.1 Å². The average molecular weight is 439 g/mol. The van der Waals surface area contributed by atoms with Crippen LogP contribution >= 0.6 is 24.0 Å². The fraction of sp³-hybridized carbons (Fsp3) is 0.409. The molecular weight excluding hydrogens is 411 g/mol. The number of halogens is 2. The van der Waals surface area contributed by atoms with Gasteiger partial charge in [-0.25, -0.2) is 4.79 Å². The first-order chi connectivity index (χ1) is 13.7. The van der Waals surface area contributed by atoms with Crippen LogP contribution in [0, 0.1) is 0 Å². The molecule has 1 heterocycles. The predicted molar refractivity (Wildman–Crippen MR) is 118 cm³/mol. The third-order valence-corrected chi connectivity index (χ3v) is 5.20. The van der Waals surface area contributed by atoms with Gasteiger partial charge in [0.25, 0.3) is 0 Å². The largest absolute Gasteiger partial charge is 0.493 e. The summed E-state index contributed by atoms with van der Waals surface area (Å²) in [6.07, 6.45) is 0.923. The smallest absolute Gasteiger partial charge is 0.341 e. The number of para-hydroxylation sites is 1. The zero-order chi connectivity index (χ0) is 19.8. The van der Waals surface area contributed by atoms with Gasteiger partial charge >= 0.3 is 5.97 Å². The summed E-state index contributed by atoms with van der Waals surface area (Å²) in [4.78, 5) is 16.7. The molecular formula is C22H28Cl2N2O3. The fourth-order valence-electron chi connectivity index (χ4n) is 3.36. The van der Waals surface area contributed by atoms with E-state index in [1.54, 1.807) is 6.07 Å². The van der Waals surface area contributed by atoms with Crippen LogP contribution in [0.4, 0.5) is 0 Å². The maximum atomic E-state index is 11.8. The number of esters is 1. The van der Waals surface area contributed by atoms with Crippen LogP contribution < -0.4 is 4.74 Å². The number of hydrogen-bond acceptors (Lipinski definition) is 5. The maximum Gasteiger partial charge on any atom is 0.341 e. The zero-order valence-corrected chi connectivity index (χ0v) is 18.3. The van der Waals surface area contributed by atoms with Gasteiger partial charge in [-0.15, -0.1) is 12.4 Å². The van der Waals surface area contributed by atoms with Gasteiger partial charge < -0.3 is 14.4 Å². The summed E-state index contributed by atoms with van der Waals surface area (Å²) in [7, 11) is 1.38. The third-order valence-electron chi connectivity index (χ3n) is 4.95. The van der Waals surface area contributed by atoms with Crippen molar-refractivity contribution in [1.82, 2.24) is 9.80 Å². The lowest BCUT2D eigenvalue weighted by Crippen LogP contribution is -2.46. The topological polar surface area (TPSA) is 42.0 Å². The first-order valence-corrected chi connectivity index (χ1v) is 10.0. The highest BCUT2D eigenvalue weighted by Gasteiger charge is 2.17. The highest BCUT2D eigenvalue weighted by atomic mass is 35.5. The van der Waals surface area contributed by atoms with E-state index in [0.717, 1.165) is 50.7 Å². The van der Waals surface area contributed by atoms with E-state index < -0.39 is 0 Å². The molecule has 0 bridgehead atoms. The van der Waals surface area contributed by atoms with Gasteiger partial charge in [0, 0.05) is 44.3 Å². The minimum absolute atomic E-state index is 0. The molecule has 1 aliphatic heterocycles. The van der Waals surface area contributed by atoms with E-state index in [2.05, 4.69) is 21.9 Å². The number of carbonyl (C=O) groups is 1. The molecule has 0 spiro atoms. The van der Waals surface area contributed by atoms with E-state index in [-0.39, 0.29) is 18.4 Å². The van der Waals surface area contributed by atoms with Gasteiger partial charge in [0.1, 0.15) is 11.3 Å². The lowest BCUT2D eigenvalue weighted by atomic mass is 10.2. The van der Waals surface area contributed by atoms with Crippen LogP contribution in [0.1, 0.15) is 22.3 Å². The fourth-order valence-corrected chi connectivity index (χ4v) is 3.49. The summed E-state index contributed by atoms with van der Waals surface area (Å²) in [5, 5.41) is 0.782. The Morgan fingerprint density at radius 3 is 2.34 bits per heavy atom. The summed E-state index contributed by atoms with van der Waals surface area (Å²) < 4.78 is 10.6. The normalized spacial score (nSPS) is 14.8. The van der Waals surface area contributed by atoms with Crippen LogP contribution in [-0.2, 0) is 11.3 Å². The van der Waals surface area contributed by atoms with Gasteiger partial charge in [-0.05, 0) is 36.2 Å². The van der Waals surface area contributed by atoms with Gasteiger partial charge in [0.15, 0.2) is 0 Å². The third kappa shape index (κ3) is 7.19.